The molecule has 0 bridgehead atoms. The second-order valence-corrected chi connectivity index (χ2v) is 8.50. The second kappa shape index (κ2) is 11.1. The Bertz CT molecular complexity index is 463. The summed E-state index contributed by atoms with van der Waals surface area (Å²) in [5.41, 5.74) is 0. The molecule has 0 aromatic carbocycles. The summed E-state index contributed by atoms with van der Waals surface area (Å²) in [7, 11) is -6.74. The highest BCUT2D eigenvalue weighted by atomic mass is 32.2. The number of rotatable bonds is 14. The minimum absolute atomic E-state index is 0.160. The van der Waals surface area contributed by atoms with Crippen molar-refractivity contribution in [2.75, 3.05) is 25.7 Å². The fourth-order valence-electron chi connectivity index (χ4n) is 1.75. The predicted molar refractivity (Wildman–Crippen MR) is 83.5 cm³/mol. The van der Waals surface area contributed by atoms with E-state index in [4.69, 9.17) is 0 Å². The Morgan fingerprint density at radius 3 is 1.36 bits per heavy atom. The Morgan fingerprint density at radius 2 is 1.05 bits per heavy atom. The quantitative estimate of drug-likeness (QED) is 0.343. The zero-order chi connectivity index (χ0) is 17.1. The smallest absolute Gasteiger partial charge is 0.264 e. The van der Waals surface area contributed by atoms with E-state index in [0.717, 1.165) is 38.2 Å². The molecule has 0 atom stereocenters. The van der Waals surface area contributed by atoms with Crippen molar-refractivity contribution in [3.8, 4) is 0 Å². The fourth-order valence-corrected chi connectivity index (χ4v) is 2.59. The first-order valence-electron chi connectivity index (χ1n) is 7.31. The summed E-state index contributed by atoms with van der Waals surface area (Å²) in [6.45, 7) is 0.320. The highest BCUT2D eigenvalue weighted by Crippen LogP contribution is 2.08. The maximum absolute atomic E-state index is 11.6. The average Bonchev–Trinajstić information content (AvgIpc) is 2.35. The molecule has 0 fully saturated rings. The minimum atomic E-state index is -3.37. The summed E-state index contributed by atoms with van der Waals surface area (Å²) in [4.78, 5) is 11.6. The van der Waals surface area contributed by atoms with Crippen molar-refractivity contribution in [2.45, 2.75) is 51.4 Å². The van der Waals surface area contributed by atoms with Gasteiger partial charge < -0.3 is 0 Å². The zero-order valence-corrected chi connectivity index (χ0v) is 14.9. The van der Waals surface area contributed by atoms with E-state index in [0.29, 0.717) is 25.7 Å². The highest BCUT2D eigenvalue weighted by Gasteiger charge is 2.04. The molecule has 0 heterocycles. The summed E-state index contributed by atoms with van der Waals surface area (Å²) in [6, 6.07) is 0. The Hall–Kier alpha value is -0.510. The Balaban J connectivity index is 3.40. The Labute approximate surface area is 133 Å². The van der Waals surface area contributed by atoms with Crippen LogP contribution < -0.4 is 0 Å². The van der Waals surface area contributed by atoms with Gasteiger partial charge in [0.1, 0.15) is 5.78 Å². The van der Waals surface area contributed by atoms with E-state index < -0.39 is 20.2 Å². The third-order valence-electron chi connectivity index (χ3n) is 2.79. The van der Waals surface area contributed by atoms with E-state index >= 15 is 0 Å². The molecule has 0 aliphatic rings. The molecule has 0 unspecified atom stereocenters. The fraction of sp³-hybridized carbons (Fsp3) is 0.923. The number of carbonyl (C=O) groups is 1. The summed E-state index contributed by atoms with van der Waals surface area (Å²) in [5, 5.41) is 0. The van der Waals surface area contributed by atoms with Crippen LogP contribution in [-0.2, 0) is 33.4 Å². The first kappa shape index (κ1) is 21.5. The number of unbranched alkanes of at least 4 members (excludes halogenated alkanes) is 4. The van der Waals surface area contributed by atoms with Gasteiger partial charge in [0.05, 0.1) is 25.7 Å². The summed E-state index contributed by atoms with van der Waals surface area (Å²) < 4.78 is 52.0. The van der Waals surface area contributed by atoms with E-state index in [1.165, 1.54) is 0 Å². The van der Waals surface area contributed by atoms with Gasteiger partial charge in [-0.1, -0.05) is 12.8 Å². The lowest BCUT2D eigenvalue weighted by atomic mass is 10.1. The second-order valence-electron chi connectivity index (χ2n) is 5.21. The van der Waals surface area contributed by atoms with Crippen molar-refractivity contribution >= 4 is 26.0 Å². The van der Waals surface area contributed by atoms with Crippen LogP contribution in [0, 0.1) is 0 Å². The van der Waals surface area contributed by atoms with Gasteiger partial charge in [-0.05, 0) is 25.7 Å². The lowest BCUT2D eigenvalue weighted by molar-refractivity contribution is -0.119. The van der Waals surface area contributed by atoms with Crippen LogP contribution in [0.5, 0.6) is 0 Å². The van der Waals surface area contributed by atoms with Crippen molar-refractivity contribution in [2.24, 2.45) is 0 Å². The van der Waals surface area contributed by atoms with Crippen LogP contribution >= 0.6 is 0 Å². The molecule has 0 radical (unpaired) electrons. The van der Waals surface area contributed by atoms with E-state index in [1.807, 2.05) is 0 Å². The van der Waals surface area contributed by atoms with Crippen LogP contribution in [0.3, 0.4) is 0 Å². The molecule has 0 rings (SSSR count). The van der Waals surface area contributed by atoms with E-state index in [2.05, 4.69) is 8.37 Å². The molecular weight excluding hydrogens is 332 g/mol. The van der Waals surface area contributed by atoms with Crippen molar-refractivity contribution in [1.29, 1.82) is 0 Å². The molecule has 132 valence electrons. The van der Waals surface area contributed by atoms with Gasteiger partial charge in [-0.15, -0.1) is 0 Å². The largest absolute Gasteiger partial charge is 0.300 e. The maximum Gasteiger partial charge on any atom is 0.264 e. The van der Waals surface area contributed by atoms with Crippen LogP contribution in [-0.4, -0.2) is 48.3 Å². The normalized spacial score (nSPS) is 12.5. The van der Waals surface area contributed by atoms with Crippen molar-refractivity contribution in [3.05, 3.63) is 0 Å². The molecule has 9 heteroatoms. The molecule has 0 aliphatic carbocycles. The molecule has 22 heavy (non-hydrogen) atoms. The van der Waals surface area contributed by atoms with Gasteiger partial charge in [-0.3, -0.25) is 13.2 Å². The number of carbonyl (C=O) groups excluding carboxylic acids is 1. The third kappa shape index (κ3) is 17.5. The summed E-state index contributed by atoms with van der Waals surface area (Å²) in [5.74, 6) is 0.174. The van der Waals surface area contributed by atoms with Gasteiger partial charge in [-0.2, -0.15) is 16.8 Å². The molecule has 0 aliphatic heterocycles. The van der Waals surface area contributed by atoms with Crippen LogP contribution in [0.1, 0.15) is 51.4 Å². The summed E-state index contributed by atoms with van der Waals surface area (Å²) >= 11 is 0. The number of ketones is 1. The molecule has 0 N–H and O–H groups in total. The molecule has 0 saturated heterocycles. The Morgan fingerprint density at radius 1 is 0.682 bits per heavy atom. The molecular formula is C13H26O7S2. The lowest BCUT2D eigenvalue weighted by Crippen LogP contribution is -2.05. The van der Waals surface area contributed by atoms with Gasteiger partial charge in [0.2, 0.25) is 0 Å². The number of Topliss-reactive ketones (excluding diaryl/α,β-unsaturated/α-hetero) is 1. The van der Waals surface area contributed by atoms with Crippen molar-refractivity contribution in [1.82, 2.24) is 0 Å². The van der Waals surface area contributed by atoms with Crippen molar-refractivity contribution in [3.63, 3.8) is 0 Å². The minimum Gasteiger partial charge on any atom is -0.300 e. The predicted octanol–water partition coefficient (Wildman–Crippen LogP) is 1.63. The zero-order valence-electron chi connectivity index (χ0n) is 13.2. The lowest BCUT2D eigenvalue weighted by Gasteiger charge is -2.03. The van der Waals surface area contributed by atoms with Gasteiger partial charge in [0.25, 0.3) is 20.2 Å². The molecule has 0 spiro atoms. The highest BCUT2D eigenvalue weighted by molar-refractivity contribution is 7.86. The molecule has 0 saturated carbocycles. The van der Waals surface area contributed by atoms with Crippen LogP contribution in [0.25, 0.3) is 0 Å². The average molecular weight is 358 g/mol. The van der Waals surface area contributed by atoms with Gasteiger partial charge in [-0.25, -0.2) is 0 Å². The van der Waals surface area contributed by atoms with E-state index in [9.17, 15) is 21.6 Å². The van der Waals surface area contributed by atoms with Gasteiger partial charge >= 0.3 is 0 Å². The number of hydrogen-bond donors (Lipinski definition) is 0. The van der Waals surface area contributed by atoms with Gasteiger partial charge in [0.15, 0.2) is 0 Å². The standard InChI is InChI=1S/C13H26O7S2/c1-21(15,16)19-11-7-3-5-9-13(14)10-6-4-8-12-20-22(2,17)18/h3-12H2,1-2H3. The van der Waals surface area contributed by atoms with Crippen molar-refractivity contribution < 1.29 is 30.0 Å². The Kier molecular flexibility index (Phi) is 10.8. The topological polar surface area (TPSA) is 104 Å². The van der Waals surface area contributed by atoms with Crippen LogP contribution in [0.2, 0.25) is 0 Å². The van der Waals surface area contributed by atoms with Crippen LogP contribution in [0.15, 0.2) is 0 Å². The molecule has 0 aromatic rings. The third-order valence-corrected chi connectivity index (χ3v) is 3.98. The molecule has 0 amide bonds. The SMILES string of the molecule is CS(=O)(=O)OCCCCCC(=O)CCCCCOS(C)(=O)=O. The first-order chi connectivity index (χ1) is 10.1. The van der Waals surface area contributed by atoms with Crippen LogP contribution in [0.4, 0.5) is 0 Å². The molecule has 7 nitrogen and oxygen atoms in total. The monoisotopic (exact) mass is 358 g/mol. The summed E-state index contributed by atoms with van der Waals surface area (Å²) in [6.07, 6.45) is 7.18. The molecule has 0 aromatic heterocycles. The maximum atomic E-state index is 11.6. The van der Waals surface area contributed by atoms with E-state index in [1.54, 1.807) is 0 Å². The first-order valence-corrected chi connectivity index (χ1v) is 10.9. The number of hydrogen-bond acceptors (Lipinski definition) is 7. The van der Waals surface area contributed by atoms with E-state index in [-0.39, 0.29) is 19.0 Å². The van der Waals surface area contributed by atoms with Gasteiger partial charge in [0, 0.05) is 12.8 Å².